The van der Waals surface area contributed by atoms with Gasteiger partial charge in [-0.1, -0.05) is 13.8 Å². The van der Waals surface area contributed by atoms with Crippen molar-refractivity contribution in [1.82, 2.24) is 5.32 Å². The van der Waals surface area contributed by atoms with Crippen LogP contribution in [-0.4, -0.2) is 29.2 Å². The number of carbonyl (C=O) groups excluding carboxylic acids is 1. The molecule has 0 aliphatic heterocycles. The normalized spacial score (nSPS) is 21.5. The Hall–Kier alpha value is -0.610. The van der Waals surface area contributed by atoms with Gasteiger partial charge in [0.25, 0.3) is 0 Å². The maximum atomic E-state index is 11.5. The van der Waals surface area contributed by atoms with Gasteiger partial charge in [0.1, 0.15) is 0 Å². The quantitative estimate of drug-likeness (QED) is 0.598. The van der Waals surface area contributed by atoms with E-state index in [4.69, 9.17) is 5.73 Å². The molecule has 4 N–H and O–H groups in total. The lowest BCUT2D eigenvalue weighted by Crippen LogP contribution is -2.59. The van der Waals surface area contributed by atoms with Crippen LogP contribution < -0.4 is 11.1 Å². The van der Waals surface area contributed by atoms with E-state index in [1.165, 1.54) is 0 Å². The topological polar surface area (TPSA) is 75.3 Å². The van der Waals surface area contributed by atoms with Crippen molar-refractivity contribution < 1.29 is 9.90 Å². The molecule has 1 amide bonds. The fourth-order valence-electron chi connectivity index (χ4n) is 1.39. The summed E-state index contributed by atoms with van der Waals surface area (Å²) in [6, 6.07) is 0. The van der Waals surface area contributed by atoms with Gasteiger partial charge in [0.15, 0.2) is 0 Å². The van der Waals surface area contributed by atoms with Crippen LogP contribution >= 0.6 is 0 Å². The van der Waals surface area contributed by atoms with Gasteiger partial charge in [-0.15, -0.1) is 0 Å². The average molecular weight is 200 g/mol. The molecule has 1 saturated carbocycles. The molecule has 0 radical (unpaired) electrons. The largest absolute Gasteiger partial charge is 0.391 e. The summed E-state index contributed by atoms with van der Waals surface area (Å²) in [6.07, 6.45) is 2.06. The molecule has 4 nitrogen and oxygen atoms in total. The van der Waals surface area contributed by atoms with E-state index >= 15 is 0 Å². The summed E-state index contributed by atoms with van der Waals surface area (Å²) in [6.45, 7) is 4.13. The Kier molecular flexibility index (Phi) is 3.50. The lowest BCUT2D eigenvalue weighted by molar-refractivity contribution is -0.129. The van der Waals surface area contributed by atoms with Gasteiger partial charge in [-0.3, -0.25) is 4.79 Å². The van der Waals surface area contributed by atoms with E-state index in [1.54, 1.807) is 0 Å². The standard InChI is InChI=1S/C10H20N2O2/c1-7(2)8(13)6-12-9(14)10(11)4-3-5-10/h7-8,13H,3-6,11H2,1-2H3,(H,12,14). The molecule has 0 aromatic rings. The molecular formula is C10H20N2O2. The zero-order chi connectivity index (χ0) is 10.8. The zero-order valence-corrected chi connectivity index (χ0v) is 8.92. The van der Waals surface area contributed by atoms with Gasteiger partial charge in [-0.05, 0) is 25.2 Å². The number of nitrogens with one attached hydrogen (secondary N) is 1. The van der Waals surface area contributed by atoms with E-state index in [9.17, 15) is 9.90 Å². The van der Waals surface area contributed by atoms with Crippen molar-refractivity contribution in [3.8, 4) is 0 Å². The molecule has 14 heavy (non-hydrogen) atoms. The van der Waals surface area contributed by atoms with Crippen LogP contribution in [0, 0.1) is 5.92 Å². The molecule has 1 aliphatic rings. The lowest BCUT2D eigenvalue weighted by atomic mass is 9.77. The number of hydrogen-bond acceptors (Lipinski definition) is 3. The number of amides is 1. The fraction of sp³-hybridized carbons (Fsp3) is 0.900. The second kappa shape index (κ2) is 4.28. The van der Waals surface area contributed by atoms with E-state index in [1.807, 2.05) is 13.8 Å². The first-order chi connectivity index (χ1) is 6.46. The summed E-state index contributed by atoms with van der Waals surface area (Å²) in [5, 5.41) is 12.2. The van der Waals surface area contributed by atoms with Gasteiger partial charge < -0.3 is 16.2 Å². The highest BCUT2D eigenvalue weighted by molar-refractivity contribution is 5.86. The van der Waals surface area contributed by atoms with E-state index in [0.717, 1.165) is 19.3 Å². The maximum absolute atomic E-state index is 11.5. The Balaban J connectivity index is 2.28. The maximum Gasteiger partial charge on any atom is 0.240 e. The number of carbonyl (C=O) groups is 1. The first-order valence-corrected chi connectivity index (χ1v) is 5.21. The third-order valence-electron chi connectivity index (χ3n) is 2.94. The van der Waals surface area contributed by atoms with Crippen molar-refractivity contribution in [1.29, 1.82) is 0 Å². The third-order valence-corrected chi connectivity index (χ3v) is 2.94. The van der Waals surface area contributed by atoms with E-state index in [2.05, 4.69) is 5.32 Å². The fourth-order valence-corrected chi connectivity index (χ4v) is 1.39. The Morgan fingerprint density at radius 2 is 2.14 bits per heavy atom. The monoisotopic (exact) mass is 200 g/mol. The number of nitrogens with two attached hydrogens (primary N) is 1. The highest BCUT2D eigenvalue weighted by Gasteiger charge is 2.39. The Morgan fingerprint density at radius 1 is 1.57 bits per heavy atom. The van der Waals surface area contributed by atoms with Gasteiger partial charge in [-0.2, -0.15) is 0 Å². The van der Waals surface area contributed by atoms with Crippen molar-refractivity contribution in [3.05, 3.63) is 0 Å². The van der Waals surface area contributed by atoms with Crippen LogP contribution in [0.5, 0.6) is 0 Å². The molecule has 1 atom stereocenters. The minimum Gasteiger partial charge on any atom is -0.391 e. The number of aliphatic hydroxyl groups excluding tert-OH is 1. The summed E-state index contributed by atoms with van der Waals surface area (Å²) in [4.78, 5) is 11.5. The first-order valence-electron chi connectivity index (χ1n) is 5.21. The molecule has 1 aliphatic carbocycles. The molecule has 1 fully saturated rings. The van der Waals surface area contributed by atoms with Gasteiger partial charge in [-0.25, -0.2) is 0 Å². The number of rotatable bonds is 4. The van der Waals surface area contributed by atoms with Crippen LogP contribution in [0.3, 0.4) is 0 Å². The van der Waals surface area contributed by atoms with Gasteiger partial charge >= 0.3 is 0 Å². The summed E-state index contributed by atoms with van der Waals surface area (Å²) >= 11 is 0. The van der Waals surface area contributed by atoms with E-state index in [-0.39, 0.29) is 11.8 Å². The highest BCUT2D eigenvalue weighted by atomic mass is 16.3. The van der Waals surface area contributed by atoms with Gasteiger partial charge in [0.2, 0.25) is 5.91 Å². The molecule has 0 saturated heterocycles. The summed E-state index contributed by atoms with van der Waals surface area (Å²) in [5.74, 6) is 0.0360. The van der Waals surface area contributed by atoms with Crippen LogP contribution in [-0.2, 0) is 4.79 Å². The zero-order valence-electron chi connectivity index (χ0n) is 8.92. The first kappa shape index (κ1) is 11.5. The second-order valence-corrected chi connectivity index (χ2v) is 4.53. The molecule has 0 heterocycles. The van der Waals surface area contributed by atoms with E-state index < -0.39 is 11.6 Å². The number of hydrogen-bond donors (Lipinski definition) is 3. The highest BCUT2D eigenvalue weighted by Crippen LogP contribution is 2.28. The number of aliphatic hydroxyl groups is 1. The molecule has 1 unspecified atom stereocenters. The van der Waals surface area contributed by atoms with E-state index in [0.29, 0.717) is 6.54 Å². The van der Waals surface area contributed by atoms with Crippen molar-refractivity contribution in [2.45, 2.75) is 44.8 Å². The Labute approximate surface area is 84.9 Å². The summed E-state index contributed by atoms with van der Waals surface area (Å²) < 4.78 is 0. The molecule has 0 spiro atoms. The molecule has 4 heteroatoms. The second-order valence-electron chi connectivity index (χ2n) is 4.53. The van der Waals surface area contributed by atoms with Crippen molar-refractivity contribution in [3.63, 3.8) is 0 Å². The molecular weight excluding hydrogens is 180 g/mol. The third kappa shape index (κ3) is 2.45. The Morgan fingerprint density at radius 3 is 2.50 bits per heavy atom. The van der Waals surface area contributed by atoms with Crippen LogP contribution in [0.25, 0.3) is 0 Å². The Bertz CT molecular complexity index is 212. The predicted octanol–water partition coefficient (Wildman–Crippen LogP) is 0.000900. The molecule has 0 aromatic carbocycles. The molecule has 0 bridgehead atoms. The molecule has 1 rings (SSSR count). The van der Waals surface area contributed by atoms with Gasteiger partial charge in [0.05, 0.1) is 11.6 Å². The summed E-state index contributed by atoms with van der Waals surface area (Å²) in [5.41, 5.74) is 5.16. The smallest absolute Gasteiger partial charge is 0.240 e. The minimum atomic E-state index is -0.656. The summed E-state index contributed by atoms with van der Waals surface area (Å²) in [7, 11) is 0. The van der Waals surface area contributed by atoms with Crippen LogP contribution in [0.4, 0.5) is 0 Å². The SMILES string of the molecule is CC(C)C(O)CNC(=O)C1(N)CCC1. The van der Waals surface area contributed by atoms with Crippen molar-refractivity contribution in [2.24, 2.45) is 11.7 Å². The van der Waals surface area contributed by atoms with Crippen molar-refractivity contribution in [2.75, 3.05) is 6.54 Å². The van der Waals surface area contributed by atoms with Crippen LogP contribution in [0.2, 0.25) is 0 Å². The van der Waals surface area contributed by atoms with Crippen LogP contribution in [0.15, 0.2) is 0 Å². The minimum absolute atomic E-state index is 0.122. The molecule has 82 valence electrons. The van der Waals surface area contributed by atoms with Crippen LogP contribution in [0.1, 0.15) is 33.1 Å². The predicted molar refractivity (Wildman–Crippen MR) is 54.6 cm³/mol. The molecule has 0 aromatic heterocycles. The average Bonchev–Trinajstić information content (AvgIpc) is 2.09. The van der Waals surface area contributed by atoms with Crippen molar-refractivity contribution >= 4 is 5.91 Å². The lowest BCUT2D eigenvalue weighted by Gasteiger charge is -2.36. The van der Waals surface area contributed by atoms with Gasteiger partial charge in [0, 0.05) is 6.54 Å².